The highest BCUT2D eigenvalue weighted by molar-refractivity contribution is 5.77. The van der Waals surface area contributed by atoms with Gasteiger partial charge in [0.25, 0.3) is 0 Å². The van der Waals surface area contributed by atoms with Gasteiger partial charge in [0.15, 0.2) is 0 Å². The lowest BCUT2D eigenvalue weighted by atomic mass is 10.2. The van der Waals surface area contributed by atoms with E-state index in [2.05, 4.69) is 20.8 Å². The third kappa shape index (κ3) is 11.3. The van der Waals surface area contributed by atoms with Crippen molar-refractivity contribution in [3.05, 3.63) is 0 Å². The molecule has 0 aliphatic carbocycles. The van der Waals surface area contributed by atoms with Crippen molar-refractivity contribution >= 4 is 11.9 Å². The van der Waals surface area contributed by atoms with Crippen molar-refractivity contribution < 1.29 is 14.3 Å². The van der Waals surface area contributed by atoms with E-state index in [0.29, 0.717) is 26.0 Å². The minimum absolute atomic E-state index is 0.179. The molecule has 0 aliphatic heterocycles. The molecule has 0 aromatic heterocycles. The average Bonchev–Trinajstić information content (AvgIpc) is 2.47. The van der Waals surface area contributed by atoms with E-state index in [0.717, 1.165) is 51.5 Å². The summed E-state index contributed by atoms with van der Waals surface area (Å²) in [6, 6.07) is 0. The van der Waals surface area contributed by atoms with Crippen molar-refractivity contribution in [3.8, 4) is 0 Å². The summed E-state index contributed by atoms with van der Waals surface area (Å²) in [5.41, 5.74) is 0. The average molecular weight is 299 g/mol. The molecule has 1 amide bonds. The van der Waals surface area contributed by atoms with E-state index in [9.17, 15) is 9.59 Å². The predicted molar refractivity (Wildman–Crippen MR) is 86.1 cm³/mol. The first-order valence-corrected chi connectivity index (χ1v) is 8.59. The number of rotatable bonds is 13. The molecule has 0 heterocycles. The summed E-state index contributed by atoms with van der Waals surface area (Å²) in [6.07, 6.45) is 8.03. The lowest BCUT2D eigenvalue weighted by Crippen LogP contribution is -2.34. The van der Waals surface area contributed by atoms with Crippen LogP contribution in [0, 0.1) is 0 Å². The van der Waals surface area contributed by atoms with Gasteiger partial charge in [0, 0.05) is 19.5 Å². The van der Waals surface area contributed by atoms with Gasteiger partial charge >= 0.3 is 5.97 Å². The van der Waals surface area contributed by atoms with Gasteiger partial charge in [-0.1, -0.05) is 46.5 Å². The van der Waals surface area contributed by atoms with Crippen LogP contribution in [0.3, 0.4) is 0 Å². The van der Waals surface area contributed by atoms with Gasteiger partial charge in [-0.3, -0.25) is 9.59 Å². The molecule has 0 rings (SSSR count). The molecule has 4 heteroatoms. The SMILES string of the molecule is CCCCCC(=O)N(CCCC)CCC(=O)OCCCC. The zero-order chi connectivity index (χ0) is 15.9. The number of esters is 1. The van der Waals surface area contributed by atoms with E-state index >= 15 is 0 Å². The molecule has 0 aromatic carbocycles. The molecule has 0 fully saturated rings. The second-order valence-corrected chi connectivity index (χ2v) is 5.52. The van der Waals surface area contributed by atoms with Crippen molar-refractivity contribution in [1.29, 1.82) is 0 Å². The van der Waals surface area contributed by atoms with Gasteiger partial charge < -0.3 is 9.64 Å². The molecule has 124 valence electrons. The Bertz CT molecular complexity index is 279. The molecular formula is C17H33NO3. The van der Waals surface area contributed by atoms with Crippen molar-refractivity contribution in [2.75, 3.05) is 19.7 Å². The summed E-state index contributed by atoms with van der Waals surface area (Å²) in [4.78, 5) is 25.6. The molecule has 0 aliphatic rings. The molecule has 21 heavy (non-hydrogen) atoms. The van der Waals surface area contributed by atoms with Crippen LogP contribution in [0.5, 0.6) is 0 Å². The van der Waals surface area contributed by atoms with Crippen LogP contribution in [0.15, 0.2) is 0 Å². The molecule has 4 nitrogen and oxygen atoms in total. The number of carbonyl (C=O) groups excluding carboxylic acids is 2. The second-order valence-electron chi connectivity index (χ2n) is 5.52. The summed E-state index contributed by atoms with van der Waals surface area (Å²) in [7, 11) is 0. The molecule has 0 bridgehead atoms. The minimum Gasteiger partial charge on any atom is -0.466 e. The largest absolute Gasteiger partial charge is 0.466 e. The van der Waals surface area contributed by atoms with Gasteiger partial charge in [0.2, 0.25) is 5.91 Å². The Hall–Kier alpha value is -1.06. The van der Waals surface area contributed by atoms with Crippen molar-refractivity contribution in [2.45, 2.75) is 78.6 Å². The lowest BCUT2D eigenvalue weighted by molar-refractivity contribution is -0.144. The van der Waals surface area contributed by atoms with E-state index in [4.69, 9.17) is 4.74 Å². The maximum atomic E-state index is 12.2. The molecule has 0 aromatic rings. The summed E-state index contributed by atoms with van der Waals surface area (Å²) in [6.45, 7) is 8.05. The molecule has 0 saturated carbocycles. The van der Waals surface area contributed by atoms with E-state index in [1.54, 1.807) is 0 Å². The molecule has 0 radical (unpaired) electrons. The first-order valence-electron chi connectivity index (χ1n) is 8.59. The van der Waals surface area contributed by atoms with Gasteiger partial charge in [0.1, 0.15) is 0 Å². The van der Waals surface area contributed by atoms with Gasteiger partial charge in [-0.15, -0.1) is 0 Å². The van der Waals surface area contributed by atoms with Crippen LogP contribution in [-0.4, -0.2) is 36.5 Å². The Morgan fingerprint density at radius 1 is 0.810 bits per heavy atom. The Morgan fingerprint density at radius 2 is 1.48 bits per heavy atom. The van der Waals surface area contributed by atoms with Crippen molar-refractivity contribution in [1.82, 2.24) is 4.90 Å². The smallest absolute Gasteiger partial charge is 0.307 e. The molecule has 0 N–H and O–H groups in total. The fourth-order valence-corrected chi connectivity index (χ4v) is 2.02. The van der Waals surface area contributed by atoms with Gasteiger partial charge in [-0.05, 0) is 19.3 Å². The predicted octanol–water partition coefficient (Wildman–Crippen LogP) is 3.93. The number of amides is 1. The lowest BCUT2D eigenvalue weighted by Gasteiger charge is -2.22. The molecule has 0 unspecified atom stereocenters. The van der Waals surface area contributed by atoms with E-state index in [1.165, 1.54) is 0 Å². The Kier molecular flexibility index (Phi) is 13.2. The molecule has 0 atom stereocenters. The summed E-state index contributed by atoms with van der Waals surface area (Å²) < 4.78 is 5.14. The third-order valence-electron chi connectivity index (χ3n) is 3.48. The minimum atomic E-state index is -0.189. The number of ether oxygens (including phenoxy) is 1. The normalized spacial score (nSPS) is 10.4. The number of nitrogens with zero attached hydrogens (tertiary/aromatic N) is 1. The number of carbonyl (C=O) groups is 2. The second kappa shape index (κ2) is 13.9. The highest BCUT2D eigenvalue weighted by Gasteiger charge is 2.14. The fourth-order valence-electron chi connectivity index (χ4n) is 2.02. The van der Waals surface area contributed by atoms with Gasteiger partial charge in [-0.2, -0.15) is 0 Å². The van der Waals surface area contributed by atoms with Crippen molar-refractivity contribution in [2.24, 2.45) is 0 Å². The topological polar surface area (TPSA) is 46.6 Å². The Morgan fingerprint density at radius 3 is 2.10 bits per heavy atom. The Labute approximate surface area is 130 Å². The summed E-state index contributed by atoms with van der Waals surface area (Å²) >= 11 is 0. The maximum Gasteiger partial charge on any atom is 0.307 e. The molecular weight excluding hydrogens is 266 g/mol. The van der Waals surface area contributed by atoms with Crippen LogP contribution in [0.2, 0.25) is 0 Å². The standard InChI is InChI=1S/C17H33NO3/c1-4-7-10-11-16(19)18(13-8-5-2)14-12-17(20)21-15-9-6-3/h4-15H2,1-3H3. The monoisotopic (exact) mass is 299 g/mol. The molecule has 0 spiro atoms. The highest BCUT2D eigenvalue weighted by Crippen LogP contribution is 2.06. The van der Waals surface area contributed by atoms with E-state index in [-0.39, 0.29) is 11.9 Å². The first-order chi connectivity index (χ1) is 10.2. The quantitative estimate of drug-likeness (QED) is 0.382. The van der Waals surface area contributed by atoms with Crippen molar-refractivity contribution in [3.63, 3.8) is 0 Å². The van der Waals surface area contributed by atoms with Crippen LogP contribution >= 0.6 is 0 Å². The maximum absolute atomic E-state index is 12.2. The van der Waals surface area contributed by atoms with Gasteiger partial charge in [0.05, 0.1) is 13.0 Å². The first kappa shape index (κ1) is 19.9. The Balaban J connectivity index is 4.09. The summed E-state index contributed by atoms with van der Waals surface area (Å²) in [5.74, 6) is -0.00966. The van der Waals surface area contributed by atoms with Crippen LogP contribution in [-0.2, 0) is 14.3 Å². The van der Waals surface area contributed by atoms with Crippen LogP contribution in [0.4, 0.5) is 0 Å². The summed E-state index contributed by atoms with van der Waals surface area (Å²) in [5, 5.41) is 0. The zero-order valence-corrected chi connectivity index (χ0v) is 14.2. The van der Waals surface area contributed by atoms with Crippen LogP contribution in [0.1, 0.15) is 78.6 Å². The van der Waals surface area contributed by atoms with Crippen LogP contribution in [0.25, 0.3) is 0 Å². The van der Waals surface area contributed by atoms with Gasteiger partial charge in [-0.25, -0.2) is 0 Å². The van der Waals surface area contributed by atoms with E-state index < -0.39 is 0 Å². The number of hydrogen-bond acceptors (Lipinski definition) is 3. The van der Waals surface area contributed by atoms with Crippen LogP contribution < -0.4 is 0 Å². The molecule has 0 saturated heterocycles. The number of unbranched alkanes of at least 4 members (excludes halogenated alkanes) is 4. The zero-order valence-electron chi connectivity index (χ0n) is 14.2. The fraction of sp³-hybridized carbons (Fsp3) is 0.882. The third-order valence-corrected chi connectivity index (χ3v) is 3.48. The number of hydrogen-bond donors (Lipinski definition) is 0. The van der Waals surface area contributed by atoms with E-state index in [1.807, 2.05) is 4.90 Å². The highest BCUT2D eigenvalue weighted by atomic mass is 16.5.